The average molecular weight is 215 g/mol. The molecule has 1 amide bonds. The minimum absolute atomic E-state index is 0.00302. The molecule has 2 N–H and O–H groups in total. The second-order valence-electron chi connectivity index (χ2n) is 4.00. The molecular formula is C10H21N3O2. The van der Waals surface area contributed by atoms with Crippen molar-refractivity contribution in [1.82, 2.24) is 9.80 Å². The first-order valence-corrected chi connectivity index (χ1v) is 5.42. The predicted octanol–water partition coefficient (Wildman–Crippen LogP) is -0.876. The van der Waals surface area contributed by atoms with Crippen LogP contribution in [0.15, 0.2) is 0 Å². The van der Waals surface area contributed by atoms with Gasteiger partial charge in [-0.1, -0.05) is 0 Å². The Bertz CT molecular complexity index is 203. The van der Waals surface area contributed by atoms with Crippen LogP contribution < -0.4 is 5.73 Å². The summed E-state index contributed by atoms with van der Waals surface area (Å²) in [5, 5.41) is 0. The van der Waals surface area contributed by atoms with Gasteiger partial charge in [0, 0.05) is 33.2 Å². The normalized spacial score (nSPS) is 19.9. The van der Waals surface area contributed by atoms with Crippen LogP contribution in [0.25, 0.3) is 0 Å². The molecule has 0 spiro atoms. The van der Waals surface area contributed by atoms with Crippen molar-refractivity contribution in [1.29, 1.82) is 0 Å². The standard InChI is InChI=1S/C10H21N3O2/c1-9(11)10(14)12(2)3-4-13-5-7-15-8-6-13/h9H,3-8,11H2,1-2H3/t9-/m1/s1. The summed E-state index contributed by atoms with van der Waals surface area (Å²) < 4.78 is 5.25. The number of rotatable bonds is 4. The maximum absolute atomic E-state index is 11.5. The number of carbonyl (C=O) groups excluding carboxylic acids is 1. The topological polar surface area (TPSA) is 58.8 Å². The van der Waals surface area contributed by atoms with E-state index in [-0.39, 0.29) is 5.91 Å². The highest BCUT2D eigenvalue weighted by molar-refractivity contribution is 5.80. The van der Waals surface area contributed by atoms with Crippen LogP contribution in [0, 0.1) is 0 Å². The number of carbonyl (C=O) groups is 1. The van der Waals surface area contributed by atoms with Crippen LogP contribution in [0.1, 0.15) is 6.92 Å². The number of nitrogens with two attached hydrogens (primary N) is 1. The van der Waals surface area contributed by atoms with Crippen LogP contribution >= 0.6 is 0 Å². The third-order valence-corrected chi connectivity index (χ3v) is 2.62. The summed E-state index contributed by atoms with van der Waals surface area (Å²) >= 11 is 0. The van der Waals surface area contributed by atoms with E-state index in [0.717, 1.165) is 39.4 Å². The molecule has 1 aliphatic rings. The first kappa shape index (κ1) is 12.4. The zero-order valence-electron chi connectivity index (χ0n) is 9.61. The quantitative estimate of drug-likeness (QED) is 0.662. The van der Waals surface area contributed by atoms with Crippen LogP contribution in [0.3, 0.4) is 0 Å². The number of hydrogen-bond acceptors (Lipinski definition) is 4. The van der Waals surface area contributed by atoms with Crippen molar-refractivity contribution < 1.29 is 9.53 Å². The molecule has 1 aliphatic heterocycles. The van der Waals surface area contributed by atoms with Crippen LogP contribution in [-0.2, 0) is 9.53 Å². The predicted molar refractivity (Wildman–Crippen MR) is 58.5 cm³/mol. The maximum atomic E-state index is 11.5. The van der Waals surface area contributed by atoms with Gasteiger partial charge in [0.05, 0.1) is 19.3 Å². The van der Waals surface area contributed by atoms with Gasteiger partial charge in [-0.2, -0.15) is 0 Å². The molecule has 0 aromatic carbocycles. The first-order valence-electron chi connectivity index (χ1n) is 5.42. The number of hydrogen-bond donors (Lipinski definition) is 1. The Morgan fingerprint density at radius 1 is 1.53 bits per heavy atom. The number of amides is 1. The van der Waals surface area contributed by atoms with Gasteiger partial charge in [0.25, 0.3) is 0 Å². The lowest BCUT2D eigenvalue weighted by atomic mass is 10.3. The van der Waals surface area contributed by atoms with E-state index < -0.39 is 6.04 Å². The van der Waals surface area contributed by atoms with Crippen molar-refractivity contribution in [2.45, 2.75) is 13.0 Å². The second kappa shape index (κ2) is 6.05. The minimum atomic E-state index is -0.403. The summed E-state index contributed by atoms with van der Waals surface area (Å²) in [5.74, 6) is 0.00302. The van der Waals surface area contributed by atoms with Gasteiger partial charge in [-0.3, -0.25) is 9.69 Å². The Morgan fingerprint density at radius 3 is 2.67 bits per heavy atom. The Kier molecular flexibility index (Phi) is 5.01. The Morgan fingerprint density at radius 2 is 2.13 bits per heavy atom. The molecule has 0 unspecified atom stereocenters. The molecule has 15 heavy (non-hydrogen) atoms. The van der Waals surface area contributed by atoms with Gasteiger partial charge in [-0.25, -0.2) is 0 Å². The molecule has 1 saturated heterocycles. The molecule has 5 nitrogen and oxygen atoms in total. The molecule has 1 fully saturated rings. The third kappa shape index (κ3) is 4.15. The molecule has 1 atom stereocenters. The zero-order chi connectivity index (χ0) is 11.3. The molecule has 5 heteroatoms. The summed E-state index contributed by atoms with van der Waals surface area (Å²) in [6, 6.07) is -0.403. The fourth-order valence-corrected chi connectivity index (χ4v) is 1.57. The van der Waals surface area contributed by atoms with Gasteiger partial charge in [0.15, 0.2) is 0 Å². The van der Waals surface area contributed by atoms with Crippen LogP contribution in [0.5, 0.6) is 0 Å². The van der Waals surface area contributed by atoms with E-state index >= 15 is 0 Å². The monoisotopic (exact) mass is 215 g/mol. The van der Waals surface area contributed by atoms with Gasteiger partial charge in [-0.05, 0) is 6.92 Å². The van der Waals surface area contributed by atoms with Crippen molar-refractivity contribution in [2.24, 2.45) is 5.73 Å². The third-order valence-electron chi connectivity index (χ3n) is 2.62. The summed E-state index contributed by atoms with van der Waals surface area (Å²) in [6.07, 6.45) is 0. The molecular weight excluding hydrogens is 194 g/mol. The summed E-state index contributed by atoms with van der Waals surface area (Å²) in [4.78, 5) is 15.5. The lowest BCUT2D eigenvalue weighted by molar-refractivity contribution is -0.131. The van der Waals surface area contributed by atoms with Gasteiger partial charge < -0.3 is 15.4 Å². The number of morpholine rings is 1. The average Bonchev–Trinajstić information content (AvgIpc) is 2.26. The van der Waals surface area contributed by atoms with Crippen molar-refractivity contribution in [3.63, 3.8) is 0 Å². The molecule has 0 aliphatic carbocycles. The summed E-state index contributed by atoms with van der Waals surface area (Å²) in [5.41, 5.74) is 5.52. The van der Waals surface area contributed by atoms with Crippen molar-refractivity contribution in [3.8, 4) is 0 Å². The zero-order valence-corrected chi connectivity index (χ0v) is 9.61. The minimum Gasteiger partial charge on any atom is -0.379 e. The fourth-order valence-electron chi connectivity index (χ4n) is 1.57. The van der Waals surface area contributed by atoms with Crippen LogP contribution in [0.4, 0.5) is 0 Å². The van der Waals surface area contributed by atoms with E-state index in [1.165, 1.54) is 0 Å². The molecule has 0 aromatic rings. The van der Waals surface area contributed by atoms with Gasteiger partial charge in [0.1, 0.15) is 0 Å². The Hall–Kier alpha value is -0.650. The first-order chi connectivity index (χ1) is 7.11. The highest BCUT2D eigenvalue weighted by Crippen LogP contribution is 1.97. The van der Waals surface area contributed by atoms with Crippen LogP contribution in [-0.4, -0.2) is 68.2 Å². The molecule has 0 radical (unpaired) electrons. The van der Waals surface area contributed by atoms with Gasteiger partial charge in [-0.15, -0.1) is 0 Å². The van der Waals surface area contributed by atoms with E-state index in [2.05, 4.69) is 4.90 Å². The lowest BCUT2D eigenvalue weighted by Gasteiger charge is -2.29. The molecule has 0 bridgehead atoms. The second-order valence-corrected chi connectivity index (χ2v) is 4.00. The molecule has 88 valence electrons. The van der Waals surface area contributed by atoms with E-state index in [1.54, 1.807) is 18.9 Å². The molecule has 0 saturated carbocycles. The maximum Gasteiger partial charge on any atom is 0.238 e. The van der Waals surface area contributed by atoms with Crippen LogP contribution in [0.2, 0.25) is 0 Å². The van der Waals surface area contributed by atoms with Gasteiger partial charge >= 0.3 is 0 Å². The smallest absolute Gasteiger partial charge is 0.238 e. The Labute approximate surface area is 91.2 Å². The van der Waals surface area contributed by atoms with Crippen molar-refractivity contribution in [3.05, 3.63) is 0 Å². The van der Waals surface area contributed by atoms with E-state index in [9.17, 15) is 4.79 Å². The van der Waals surface area contributed by atoms with E-state index in [0.29, 0.717) is 0 Å². The Balaban J connectivity index is 2.20. The van der Waals surface area contributed by atoms with Crippen molar-refractivity contribution in [2.75, 3.05) is 46.4 Å². The number of ether oxygens (including phenoxy) is 1. The number of likely N-dealkylation sites (N-methyl/N-ethyl adjacent to an activating group) is 1. The van der Waals surface area contributed by atoms with E-state index in [1.807, 2.05) is 0 Å². The molecule has 0 aromatic heterocycles. The largest absolute Gasteiger partial charge is 0.379 e. The highest BCUT2D eigenvalue weighted by Gasteiger charge is 2.15. The van der Waals surface area contributed by atoms with E-state index in [4.69, 9.17) is 10.5 Å². The fraction of sp³-hybridized carbons (Fsp3) is 0.900. The lowest BCUT2D eigenvalue weighted by Crippen LogP contribution is -2.45. The molecule has 1 heterocycles. The number of nitrogens with zero attached hydrogens (tertiary/aromatic N) is 2. The summed E-state index contributed by atoms with van der Waals surface area (Å²) in [7, 11) is 1.80. The molecule has 1 rings (SSSR count). The van der Waals surface area contributed by atoms with Gasteiger partial charge in [0.2, 0.25) is 5.91 Å². The highest BCUT2D eigenvalue weighted by atomic mass is 16.5. The van der Waals surface area contributed by atoms with Crippen molar-refractivity contribution >= 4 is 5.91 Å². The summed E-state index contributed by atoms with van der Waals surface area (Å²) in [6.45, 7) is 6.86. The SMILES string of the molecule is C[C@@H](N)C(=O)N(C)CCN1CCOCC1.